The third kappa shape index (κ3) is 2.05. The second-order valence-corrected chi connectivity index (χ2v) is 2.71. The van der Waals surface area contributed by atoms with E-state index in [1.54, 1.807) is 0 Å². The molecular formula is C9H12N2O. The van der Waals surface area contributed by atoms with Gasteiger partial charge in [-0.05, 0) is 25.5 Å². The summed E-state index contributed by atoms with van der Waals surface area (Å²) in [5.74, 6) is 0. The molecule has 3 nitrogen and oxygen atoms in total. The summed E-state index contributed by atoms with van der Waals surface area (Å²) in [5, 5.41) is 6.94. The van der Waals surface area contributed by atoms with Gasteiger partial charge in [-0.2, -0.15) is 0 Å². The van der Waals surface area contributed by atoms with E-state index >= 15 is 0 Å². The van der Waals surface area contributed by atoms with Crippen LogP contribution in [0.5, 0.6) is 0 Å². The Kier molecular flexibility index (Phi) is 2.80. The lowest BCUT2D eigenvalue weighted by Crippen LogP contribution is -2.00. The molecule has 0 aromatic heterocycles. The topological polar surface area (TPSA) is 34.0 Å². The summed E-state index contributed by atoms with van der Waals surface area (Å²) in [7, 11) is 0. The number of allylic oxidation sites excluding steroid dienone is 4. The van der Waals surface area contributed by atoms with Gasteiger partial charge in [0.05, 0.1) is 5.71 Å². The van der Waals surface area contributed by atoms with E-state index in [9.17, 15) is 0 Å². The van der Waals surface area contributed by atoms with Crippen molar-refractivity contribution in [3.05, 3.63) is 23.3 Å². The Morgan fingerprint density at radius 3 is 2.75 bits per heavy atom. The summed E-state index contributed by atoms with van der Waals surface area (Å²) in [6, 6.07) is 0. The van der Waals surface area contributed by atoms with Gasteiger partial charge >= 0.3 is 0 Å². The third-order valence-electron chi connectivity index (χ3n) is 1.84. The van der Waals surface area contributed by atoms with E-state index in [1.807, 2.05) is 13.0 Å². The van der Waals surface area contributed by atoms with Crippen LogP contribution in [-0.2, 0) is 4.94 Å². The third-order valence-corrected chi connectivity index (χ3v) is 1.84. The van der Waals surface area contributed by atoms with E-state index in [0.29, 0.717) is 0 Å². The van der Waals surface area contributed by atoms with Gasteiger partial charge in [-0.1, -0.05) is 22.0 Å². The average Bonchev–Trinajstić information content (AvgIpc) is 2.07. The van der Waals surface area contributed by atoms with Gasteiger partial charge in [-0.15, -0.1) is 0 Å². The molecule has 0 spiro atoms. The van der Waals surface area contributed by atoms with Crippen LogP contribution in [0.3, 0.4) is 0 Å². The molecule has 12 heavy (non-hydrogen) atoms. The maximum Gasteiger partial charge on any atom is 0.0870 e. The van der Waals surface area contributed by atoms with E-state index in [2.05, 4.69) is 35.0 Å². The number of oxime groups is 2. The fourth-order valence-corrected chi connectivity index (χ4v) is 0.986. The second-order valence-electron chi connectivity index (χ2n) is 2.71. The Morgan fingerprint density at radius 2 is 2.17 bits per heavy atom. The molecule has 0 bridgehead atoms. The first kappa shape index (κ1) is 8.71. The molecule has 0 aromatic carbocycles. The molecule has 1 aliphatic carbocycles. The van der Waals surface area contributed by atoms with Gasteiger partial charge in [-0.25, -0.2) is 4.94 Å². The highest BCUT2D eigenvalue weighted by Gasteiger charge is 2.04. The smallest absolute Gasteiger partial charge is 0.0870 e. The minimum atomic E-state index is 0.804. The number of hydrogen-bond acceptors (Lipinski definition) is 3. The van der Waals surface area contributed by atoms with Gasteiger partial charge < -0.3 is 0 Å². The van der Waals surface area contributed by atoms with E-state index in [1.165, 1.54) is 11.1 Å². The Balaban J connectivity index is 2.71. The van der Waals surface area contributed by atoms with Gasteiger partial charge in [0, 0.05) is 13.1 Å². The first-order valence-electron chi connectivity index (χ1n) is 3.78. The van der Waals surface area contributed by atoms with Crippen LogP contribution in [-0.4, -0.2) is 12.4 Å². The summed E-state index contributed by atoms with van der Waals surface area (Å²) in [5.41, 5.74) is 3.39. The highest BCUT2D eigenvalue weighted by molar-refractivity contribution is 5.98. The van der Waals surface area contributed by atoms with E-state index in [4.69, 9.17) is 0 Å². The predicted molar refractivity (Wildman–Crippen MR) is 50.2 cm³/mol. The van der Waals surface area contributed by atoms with Crippen LogP contribution in [0.2, 0.25) is 0 Å². The van der Waals surface area contributed by atoms with Gasteiger partial charge in [0.2, 0.25) is 0 Å². The minimum Gasteiger partial charge on any atom is -0.245 e. The Bertz CT molecular complexity index is 274. The molecule has 0 saturated carbocycles. The second kappa shape index (κ2) is 3.85. The molecule has 3 heteroatoms. The van der Waals surface area contributed by atoms with E-state index in [-0.39, 0.29) is 0 Å². The molecule has 0 fully saturated rings. The molecule has 1 aliphatic rings. The molecule has 0 amide bonds. The Labute approximate surface area is 72.1 Å². The van der Waals surface area contributed by atoms with Crippen LogP contribution >= 0.6 is 0 Å². The maximum absolute atomic E-state index is 4.48. The monoisotopic (exact) mass is 164 g/mol. The zero-order chi connectivity index (χ0) is 8.97. The first-order chi connectivity index (χ1) is 5.74. The number of rotatable bonds is 2. The fraction of sp³-hybridized carbons (Fsp3) is 0.333. The summed E-state index contributed by atoms with van der Waals surface area (Å²) in [4.78, 5) is 4.48. The molecule has 0 aromatic rings. The Morgan fingerprint density at radius 1 is 1.42 bits per heavy atom. The van der Waals surface area contributed by atoms with Crippen LogP contribution in [0.15, 0.2) is 33.6 Å². The normalized spacial score (nSPS) is 20.0. The molecule has 0 radical (unpaired) electrons. The highest BCUT2D eigenvalue weighted by atomic mass is 16.8. The first-order valence-corrected chi connectivity index (χ1v) is 3.78. The van der Waals surface area contributed by atoms with Crippen molar-refractivity contribution in [3.8, 4) is 0 Å². The quantitative estimate of drug-likeness (QED) is 0.455. The molecule has 0 atom stereocenters. The van der Waals surface area contributed by atoms with Gasteiger partial charge in [0.15, 0.2) is 0 Å². The SMILES string of the molecule is C=NO/N=C1/C=C(C)C(C)=CC1. The molecule has 1 rings (SSSR count). The summed E-state index contributed by atoms with van der Waals surface area (Å²) >= 11 is 0. The molecule has 0 aliphatic heterocycles. The van der Waals surface area contributed by atoms with Crippen molar-refractivity contribution in [1.82, 2.24) is 0 Å². The molecule has 0 N–H and O–H groups in total. The molecule has 0 saturated heterocycles. The Hall–Kier alpha value is -1.38. The molecule has 0 unspecified atom stereocenters. The largest absolute Gasteiger partial charge is 0.245 e. The van der Waals surface area contributed by atoms with Crippen LogP contribution in [0, 0.1) is 0 Å². The minimum absolute atomic E-state index is 0.804. The fourth-order valence-electron chi connectivity index (χ4n) is 0.986. The van der Waals surface area contributed by atoms with Crippen molar-refractivity contribution < 1.29 is 4.94 Å². The van der Waals surface area contributed by atoms with Gasteiger partial charge in [0.25, 0.3) is 0 Å². The van der Waals surface area contributed by atoms with E-state index in [0.717, 1.165) is 12.1 Å². The van der Waals surface area contributed by atoms with Crippen molar-refractivity contribution in [2.24, 2.45) is 10.3 Å². The van der Waals surface area contributed by atoms with Crippen molar-refractivity contribution in [3.63, 3.8) is 0 Å². The lowest BCUT2D eigenvalue weighted by Gasteiger charge is -2.08. The van der Waals surface area contributed by atoms with Crippen LogP contribution in [0.1, 0.15) is 20.3 Å². The number of hydrogen-bond donors (Lipinski definition) is 0. The van der Waals surface area contributed by atoms with Gasteiger partial charge in [0.1, 0.15) is 0 Å². The lowest BCUT2D eigenvalue weighted by molar-refractivity contribution is 0.158. The van der Waals surface area contributed by atoms with Crippen molar-refractivity contribution in [2.75, 3.05) is 0 Å². The van der Waals surface area contributed by atoms with Crippen LogP contribution < -0.4 is 0 Å². The van der Waals surface area contributed by atoms with Crippen molar-refractivity contribution in [1.29, 1.82) is 0 Å². The standard InChI is InChI=1S/C9H12N2O/c1-7-4-5-9(6-8(7)2)11-12-10-3/h4,6H,3,5H2,1-2H3/b11-9+. The zero-order valence-electron chi connectivity index (χ0n) is 7.37. The summed E-state index contributed by atoms with van der Waals surface area (Å²) in [6.07, 6.45) is 4.90. The van der Waals surface area contributed by atoms with E-state index < -0.39 is 0 Å². The highest BCUT2D eigenvalue weighted by Crippen LogP contribution is 2.15. The van der Waals surface area contributed by atoms with Crippen LogP contribution in [0.25, 0.3) is 0 Å². The van der Waals surface area contributed by atoms with Crippen molar-refractivity contribution in [2.45, 2.75) is 20.3 Å². The molecule has 0 heterocycles. The summed E-state index contributed by atoms with van der Waals surface area (Å²) < 4.78 is 0. The molecular weight excluding hydrogens is 152 g/mol. The zero-order valence-corrected chi connectivity index (χ0v) is 7.37. The van der Waals surface area contributed by atoms with Crippen molar-refractivity contribution >= 4 is 12.4 Å². The lowest BCUT2D eigenvalue weighted by atomic mass is 10.00. The van der Waals surface area contributed by atoms with Gasteiger partial charge in [-0.3, -0.25) is 0 Å². The predicted octanol–water partition coefficient (Wildman–Crippen LogP) is 2.27. The average molecular weight is 164 g/mol. The molecule has 64 valence electrons. The summed E-state index contributed by atoms with van der Waals surface area (Å²) in [6.45, 7) is 7.29. The number of nitrogens with zero attached hydrogens (tertiary/aromatic N) is 2. The maximum atomic E-state index is 4.48. The van der Waals surface area contributed by atoms with Crippen LogP contribution in [0.4, 0.5) is 0 Å².